The Balaban J connectivity index is 2.65. The normalized spacial score (nSPS) is 11.9. The molecule has 2 amide bonds. The average molecular weight is 301 g/mol. The second-order valence-electron chi connectivity index (χ2n) is 4.09. The lowest BCUT2D eigenvalue weighted by atomic mass is 10.2. The van der Waals surface area contributed by atoms with Gasteiger partial charge >= 0.3 is 12.0 Å². The summed E-state index contributed by atoms with van der Waals surface area (Å²) in [6.45, 7) is 2.09. The van der Waals surface area contributed by atoms with Crippen molar-refractivity contribution >= 4 is 23.3 Å². The molecule has 1 unspecified atom stereocenters. The van der Waals surface area contributed by atoms with Crippen molar-refractivity contribution in [2.75, 3.05) is 26.8 Å². The summed E-state index contributed by atoms with van der Waals surface area (Å²) in [4.78, 5) is 28.3. The minimum absolute atomic E-state index is 0.207. The summed E-state index contributed by atoms with van der Waals surface area (Å²) in [7, 11) is 1.50. The number of carbonyl (C=O) groups excluding carboxylic acids is 1. The molecule has 112 valence electrons. The Morgan fingerprint density at radius 1 is 1.60 bits per heavy atom. The third-order valence-corrected chi connectivity index (χ3v) is 3.52. The number of thiazole rings is 1. The number of amides is 2. The summed E-state index contributed by atoms with van der Waals surface area (Å²) in [6, 6.07) is -0.632. The van der Waals surface area contributed by atoms with Crippen LogP contribution in [0.25, 0.3) is 0 Å². The number of nitrogens with one attached hydrogen (secondary N) is 1. The summed E-state index contributed by atoms with van der Waals surface area (Å²) < 4.78 is 4.88. The first-order valence-electron chi connectivity index (χ1n) is 6.24. The Morgan fingerprint density at radius 2 is 2.35 bits per heavy atom. The number of nitrogens with zero attached hydrogens (tertiary/aromatic N) is 2. The van der Waals surface area contributed by atoms with Crippen LogP contribution in [0.4, 0.5) is 4.79 Å². The third-order valence-electron chi connectivity index (χ3n) is 2.63. The molecular weight excluding hydrogens is 282 g/mol. The summed E-state index contributed by atoms with van der Waals surface area (Å²) in [5.41, 5.74) is 0. The van der Waals surface area contributed by atoms with Crippen molar-refractivity contribution in [3.05, 3.63) is 16.6 Å². The lowest BCUT2D eigenvalue weighted by Crippen LogP contribution is -2.45. The Kier molecular flexibility index (Phi) is 6.96. The first-order valence-corrected chi connectivity index (χ1v) is 7.12. The zero-order valence-electron chi connectivity index (χ0n) is 11.5. The van der Waals surface area contributed by atoms with Crippen molar-refractivity contribution < 1.29 is 19.4 Å². The molecule has 8 heteroatoms. The molecule has 1 atom stereocenters. The number of carbonyl (C=O) groups is 2. The fourth-order valence-corrected chi connectivity index (χ4v) is 2.38. The van der Waals surface area contributed by atoms with Gasteiger partial charge in [0.25, 0.3) is 0 Å². The van der Waals surface area contributed by atoms with Crippen LogP contribution < -0.4 is 5.32 Å². The monoisotopic (exact) mass is 301 g/mol. The molecule has 20 heavy (non-hydrogen) atoms. The highest BCUT2D eigenvalue weighted by atomic mass is 32.1. The molecule has 0 radical (unpaired) electrons. The molecule has 0 fully saturated rings. The zero-order chi connectivity index (χ0) is 15.0. The Labute approximate surface area is 121 Å². The first-order chi connectivity index (χ1) is 9.58. The Bertz CT molecular complexity index is 424. The second-order valence-corrected chi connectivity index (χ2v) is 5.01. The maximum Gasteiger partial charge on any atom is 0.323 e. The van der Waals surface area contributed by atoms with Gasteiger partial charge in [0.05, 0.1) is 12.6 Å². The van der Waals surface area contributed by atoms with Crippen LogP contribution >= 0.6 is 11.3 Å². The SMILES string of the molecule is CCC(NC(=O)N(CCOC)CC(=O)O)c1nccs1. The van der Waals surface area contributed by atoms with Crippen LogP contribution in [0.3, 0.4) is 0 Å². The van der Waals surface area contributed by atoms with Crippen LogP contribution in [0.2, 0.25) is 0 Å². The van der Waals surface area contributed by atoms with E-state index >= 15 is 0 Å². The van der Waals surface area contributed by atoms with Crippen LogP contribution in [0.1, 0.15) is 24.4 Å². The highest BCUT2D eigenvalue weighted by Crippen LogP contribution is 2.18. The fraction of sp³-hybridized carbons (Fsp3) is 0.583. The number of hydrogen-bond acceptors (Lipinski definition) is 5. The smallest absolute Gasteiger partial charge is 0.323 e. The van der Waals surface area contributed by atoms with E-state index in [0.717, 1.165) is 5.01 Å². The number of methoxy groups -OCH3 is 1. The lowest BCUT2D eigenvalue weighted by molar-refractivity contribution is -0.137. The molecule has 0 spiro atoms. The molecule has 0 saturated heterocycles. The van der Waals surface area contributed by atoms with Gasteiger partial charge in [-0.15, -0.1) is 11.3 Å². The van der Waals surface area contributed by atoms with Gasteiger partial charge in [0, 0.05) is 25.2 Å². The highest BCUT2D eigenvalue weighted by Gasteiger charge is 2.21. The molecule has 0 aliphatic rings. The molecular formula is C12H19N3O4S. The standard InChI is InChI=1S/C12H19N3O4S/c1-3-9(11-13-4-7-20-11)14-12(18)15(5-6-19-2)8-10(16)17/h4,7,9H,3,5-6,8H2,1-2H3,(H,14,18)(H,16,17). The number of rotatable bonds is 8. The van der Waals surface area contributed by atoms with Gasteiger partial charge in [-0.2, -0.15) is 0 Å². The summed E-state index contributed by atoms with van der Waals surface area (Å²) >= 11 is 1.46. The van der Waals surface area contributed by atoms with E-state index in [1.165, 1.54) is 23.3 Å². The van der Waals surface area contributed by atoms with Gasteiger partial charge in [0.2, 0.25) is 0 Å². The van der Waals surface area contributed by atoms with E-state index in [9.17, 15) is 9.59 Å². The van der Waals surface area contributed by atoms with Crippen molar-refractivity contribution in [3.63, 3.8) is 0 Å². The predicted molar refractivity (Wildman–Crippen MR) is 74.8 cm³/mol. The van der Waals surface area contributed by atoms with E-state index in [2.05, 4.69) is 10.3 Å². The van der Waals surface area contributed by atoms with E-state index in [1.54, 1.807) is 6.20 Å². The minimum atomic E-state index is -1.06. The second kappa shape index (κ2) is 8.49. The van der Waals surface area contributed by atoms with Gasteiger partial charge in [-0.25, -0.2) is 9.78 Å². The van der Waals surface area contributed by atoms with Crippen LogP contribution in [0, 0.1) is 0 Å². The van der Waals surface area contributed by atoms with Crippen molar-refractivity contribution in [3.8, 4) is 0 Å². The first kappa shape index (κ1) is 16.4. The number of aliphatic carboxylic acids is 1. The molecule has 0 aromatic carbocycles. The number of urea groups is 1. The molecule has 0 bridgehead atoms. The number of carboxylic acids is 1. The van der Waals surface area contributed by atoms with Gasteiger partial charge in [-0.3, -0.25) is 4.79 Å². The molecule has 1 aromatic rings. The van der Waals surface area contributed by atoms with Crippen LogP contribution in [0.5, 0.6) is 0 Å². The van der Waals surface area contributed by atoms with Gasteiger partial charge in [0.15, 0.2) is 0 Å². The van der Waals surface area contributed by atoms with Gasteiger partial charge < -0.3 is 20.1 Å². The van der Waals surface area contributed by atoms with E-state index in [4.69, 9.17) is 9.84 Å². The molecule has 2 N–H and O–H groups in total. The highest BCUT2D eigenvalue weighted by molar-refractivity contribution is 7.09. The van der Waals surface area contributed by atoms with Gasteiger partial charge in [0.1, 0.15) is 11.6 Å². The molecule has 0 aliphatic carbocycles. The molecule has 1 heterocycles. The largest absolute Gasteiger partial charge is 0.480 e. The molecule has 0 aliphatic heterocycles. The molecule has 0 saturated carbocycles. The lowest BCUT2D eigenvalue weighted by Gasteiger charge is -2.23. The van der Waals surface area contributed by atoms with Crippen molar-refractivity contribution in [1.29, 1.82) is 0 Å². The van der Waals surface area contributed by atoms with Crippen molar-refractivity contribution in [2.24, 2.45) is 0 Å². The van der Waals surface area contributed by atoms with Crippen molar-refractivity contribution in [2.45, 2.75) is 19.4 Å². The van der Waals surface area contributed by atoms with Crippen LogP contribution in [0.15, 0.2) is 11.6 Å². The maximum absolute atomic E-state index is 12.1. The number of ether oxygens (including phenoxy) is 1. The van der Waals surface area contributed by atoms with E-state index in [-0.39, 0.29) is 25.7 Å². The van der Waals surface area contributed by atoms with E-state index < -0.39 is 12.0 Å². The van der Waals surface area contributed by atoms with E-state index in [0.29, 0.717) is 6.42 Å². The van der Waals surface area contributed by atoms with Crippen LogP contribution in [-0.2, 0) is 9.53 Å². The predicted octanol–water partition coefficient (Wildman–Crippen LogP) is 1.34. The quantitative estimate of drug-likeness (QED) is 0.756. The number of carboxylic acid groups (broad SMARTS) is 1. The summed E-state index contributed by atoms with van der Waals surface area (Å²) in [6.07, 6.45) is 2.36. The number of aromatic nitrogens is 1. The van der Waals surface area contributed by atoms with Gasteiger partial charge in [-0.05, 0) is 6.42 Å². The Morgan fingerprint density at radius 3 is 2.85 bits per heavy atom. The Hall–Kier alpha value is -1.67. The molecule has 1 aromatic heterocycles. The number of hydrogen-bond donors (Lipinski definition) is 2. The fourth-order valence-electron chi connectivity index (χ4n) is 1.60. The van der Waals surface area contributed by atoms with Crippen LogP contribution in [-0.4, -0.2) is 53.8 Å². The molecule has 7 nitrogen and oxygen atoms in total. The minimum Gasteiger partial charge on any atom is -0.480 e. The summed E-state index contributed by atoms with van der Waals surface area (Å²) in [5, 5.41) is 14.3. The zero-order valence-corrected chi connectivity index (χ0v) is 12.4. The topological polar surface area (TPSA) is 91.8 Å². The van der Waals surface area contributed by atoms with E-state index in [1.807, 2.05) is 12.3 Å². The third kappa shape index (κ3) is 5.14. The average Bonchev–Trinajstić information content (AvgIpc) is 2.93. The summed E-state index contributed by atoms with van der Waals surface area (Å²) in [5.74, 6) is -1.06. The maximum atomic E-state index is 12.1. The molecule has 1 rings (SSSR count). The van der Waals surface area contributed by atoms with Gasteiger partial charge in [-0.1, -0.05) is 6.92 Å². The van der Waals surface area contributed by atoms with Crippen molar-refractivity contribution in [1.82, 2.24) is 15.2 Å².